The zero-order valence-corrected chi connectivity index (χ0v) is 11.8. The van der Waals surface area contributed by atoms with Crippen LogP contribution in [0.2, 0.25) is 0 Å². The number of rotatable bonds is 4. The number of fused-ring (bicyclic) bond motifs is 2. The van der Waals surface area contributed by atoms with E-state index >= 15 is 0 Å². The van der Waals surface area contributed by atoms with E-state index in [2.05, 4.69) is 10.3 Å². The largest absolute Gasteiger partial charge is 0.396 e. The van der Waals surface area contributed by atoms with Gasteiger partial charge in [-0.3, -0.25) is 0 Å². The number of aliphatic hydroxyl groups excluding tert-OH is 1. The van der Waals surface area contributed by atoms with Gasteiger partial charge in [0.05, 0.1) is 0 Å². The summed E-state index contributed by atoms with van der Waals surface area (Å²) in [6.07, 6.45) is 9.42. The smallest absolute Gasteiger partial charge is 0.133 e. The molecule has 1 heterocycles. The van der Waals surface area contributed by atoms with E-state index < -0.39 is 0 Å². The Morgan fingerprint density at radius 2 is 2.15 bits per heavy atom. The van der Waals surface area contributed by atoms with Gasteiger partial charge in [-0.15, -0.1) is 0 Å². The van der Waals surface area contributed by atoms with Crippen LogP contribution in [0.15, 0.2) is 12.3 Å². The second-order valence-corrected chi connectivity index (χ2v) is 6.86. The summed E-state index contributed by atoms with van der Waals surface area (Å²) in [7, 11) is 0. The Morgan fingerprint density at radius 3 is 2.85 bits per heavy atom. The maximum Gasteiger partial charge on any atom is 0.133 e. The van der Waals surface area contributed by atoms with E-state index in [-0.39, 0.29) is 0 Å². The van der Waals surface area contributed by atoms with Crippen LogP contribution < -0.4 is 5.32 Å². The molecule has 0 spiro atoms. The topological polar surface area (TPSA) is 58.0 Å². The van der Waals surface area contributed by atoms with Gasteiger partial charge in [0.1, 0.15) is 11.6 Å². The second kappa shape index (κ2) is 4.99. The van der Waals surface area contributed by atoms with E-state index in [1.165, 1.54) is 38.5 Å². The molecule has 1 aromatic heterocycles. The summed E-state index contributed by atoms with van der Waals surface area (Å²) in [4.78, 5) is 9.13. The van der Waals surface area contributed by atoms with Crippen LogP contribution in [-0.4, -0.2) is 27.7 Å². The molecule has 108 valence electrons. The van der Waals surface area contributed by atoms with Crippen molar-refractivity contribution in [1.29, 1.82) is 0 Å². The van der Waals surface area contributed by atoms with Crippen LogP contribution in [0.4, 0.5) is 5.82 Å². The normalized spacial score (nSPS) is 36.0. The Balaban J connectivity index is 1.46. The van der Waals surface area contributed by atoms with Crippen molar-refractivity contribution in [2.45, 2.75) is 50.5 Å². The second-order valence-electron chi connectivity index (χ2n) is 6.86. The predicted octanol–water partition coefficient (Wildman–Crippen LogP) is 2.56. The number of aromatic nitrogens is 2. The third-order valence-corrected chi connectivity index (χ3v) is 5.66. The fourth-order valence-electron chi connectivity index (χ4n) is 4.38. The van der Waals surface area contributed by atoms with Crippen LogP contribution in [-0.2, 0) is 0 Å². The molecular weight excluding hydrogens is 250 g/mol. The third kappa shape index (κ3) is 2.10. The Kier molecular flexibility index (Phi) is 3.14. The van der Waals surface area contributed by atoms with Gasteiger partial charge in [0, 0.05) is 24.8 Å². The van der Waals surface area contributed by atoms with E-state index in [4.69, 9.17) is 4.98 Å². The van der Waals surface area contributed by atoms with Crippen LogP contribution in [0.1, 0.15) is 50.3 Å². The number of anilines is 1. The van der Waals surface area contributed by atoms with Gasteiger partial charge in [0.15, 0.2) is 0 Å². The molecule has 0 saturated heterocycles. The standard InChI is InChI=1S/C16H23N3O/c20-9-12-6-10-7-13(12)14(8-10)18-15-4-5-17-16(19-15)11-2-1-3-11/h4-5,10-14,20H,1-3,6-9H2,(H,17,18,19)/t10?,12-,13?,14+/m0/s1. The fraction of sp³-hybridized carbons (Fsp3) is 0.750. The number of hydrogen-bond acceptors (Lipinski definition) is 4. The van der Waals surface area contributed by atoms with E-state index in [1.807, 2.05) is 12.3 Å². The highest BCUT2D eigenvalue weighted by Crippen LogP contribution is 2.49. The first kappa shape index (κ1) is 12.6. The van der Waals surface area contributed by atoms with Gasteiger partial charge in [0.25, 0.3) is 0 Å². The van der Waals surface area contributed by atoms with Crippen LogP contribution in [0.3, 0.4) is 0 Å². The summed E-state index contributed by atoms with van der Waals surface area (Å²) in [6, 6.07) is 2.48. The summed E-state index contributed by atoms with van der Waals surface area (Å²) >= 11 is 0. The highest BCUT2D eigenvalue weighted by molar-refractivity contribution is 5.36. The highest BCUT2D eigenvalue weighted by Gasteiger charge is 2.45. The van der Waals surface area contributed by atoms with Crippen molar-refractivity contribution >= 4 is 5.82 Å². The monoisotopic (exact) mass is 273 g/mol. The van der Waals surface area contributed by atoms with Gasteiger partial charge in [-0.2, -0.15) is 0 Å². The zero-order valence-electron chi connectivity index (χ0n) is 11.8. The molecule has 3 aliphatic rings. The lowest BCUT2D eigenvalue weighted by molar-refractivity contribution is 0.170. The third-order valence-electron chi connectivity index (χ3n) is 5.66. The number of nitrogens with one attached hydrogen (secondary N) is 1. The van der Waals surface area contributed by atoms with Crippen molar-refractivity contribution in [2.24, 2.45) is 17.8 Å². The molecule has 2 bridgehead atoms. The maximum absolute atomic E-state index is 9.47. The van der Waals surface area contributed by atoms with E-state index in [9.17, 15) is 5.11 Å². The molecule has 0 aliphatic heterocycles. The average molecular weight is 273 g/mol. The average Bonchev–Trinajstić information content (AvgIpc) is 2.96. The van der Waals surface area contributed by atoms with Gasteiger partial charge >= 0.3 is 0 Å². The van der Waals surface area contributed by atoms with E-state index in [1.54, 1.807) is 0 Å². The highest BCUT2D eigenvalue weighted by atomic mass is 16.3. The molecule has 4 atom stereocenters. The lowest BCUT2D eigenvalue weighted by atomic mass is 9.85. The summed E-state index contributed by atoms with van der Waals surface area (Å²) in [5.41, 5.74) is 0. The molecule has 4 heteroatoms. The Bertz CT molecular complexity index is 488. The van der Waals surface area contributed by atoms with Crippen molar-refractivity contribution in [3.8, 4) is 0 Å². The summed E-state index contributed by atoms with van der Waals surface area (Å²) < 4.78 is 0. The molecule has 1 aromatic rings. The summed E-state index contributed by atoms with van der Waals surface area (Å²) in [5, 5.41) is 13.1. The molecule has 2 unspecified atom stereocenters. The molecule has 4 nitrogen and oxygen atoms in total. The quantitative estimate of drug-likeness (QED) is 0.885. The first-order chi connectivity index (χ1) is 9.83. The van der Waals surface area contributed by atoms with Crippen molar-refractivity contribution in [3.05, 3.63) is 18.1 Å². The molecule has 0 radical (unpaired) electrons. The molecule has 0 aromatic carbocycles. The van der Waals surface area contributed by atoms with Gasteiger partial charge in [-0.1, -0.05) is 6.42 Å². The molecule has 3 saturated carbocycles. The van der Waals surface area contributed by atoms with Gasteiger partial charge in [-0.25, -0.2) is 9.97 Å². The molecular formula is C16H23N3O. The first-order valence-electron chi connectivity index (χ1n) is 8.04. The summed E-state index contributed by atoms with van der Waals surface area (Å²) in [6.45, 7) is 0.344. The molecule has 3 fully saturated rings. The van der Waals surface area contributed by atoms with Crippen LogP contribution >= 0.6 is 0 Å². The van der Waals surface area contributed by atoms with Crippen LogP contribution in [0.25, 0.3) is 0 Å². The number of aliphatic hydroxyl groups is 1. The van der Waals surface area contributed by atoms with E-state index in [0.29, 0.717) is 30.4 Å². The van der Waals surface area contributed by atoms with Crippen molar-refractivity contribution in [3.63, 3.8) is 0 Å². The molecule has 2 N–H and O–H groups in total. The molecule has 20 heavy (non-hydrogen) atoms. The Hall–Kier alpha value is -1.16. The van der Waals surface area contributed by atoms with E-state index in [0.717, 1.165) is 17.6 Å². The number of nitrogens with zero attached hydrogens (tertiary/aromatic N) is 2. The van der Waals surface area contributed by atoms with Crippen LogP contribution in [0.5, 0.6) is 0 Å². The van der Waals surface area contributed by atoms with Gasteiger partial charge in [-0.05, 0) is 55.9 Å². The molecule has 4 rings (SSSR count). The summed E-state index contributed by atoms with van der Waals surface area (Å²) in [5.74, 6) is 4.52. The fourth-order valence-corrected chi connectivity index (χ4v) is 4.38. The minimum atomic E-state index is 0.344. The minimum Gasteiger partial charge on any atom is -0.396 e. The Morgan fingerprint density at radius 1 is 1.25 bits per heavy atom. The molecule has 3 aliphatic carbocycles. The van der Waals surface area contributed by atoms with Gasteiger partial charge in [0.2, 0.25) is 0 Å². The van der Waals surface area contributed by atoms with Gasteiger partial charge < -0.3 is 10.4 Å². The van der Waals surface area contributed by atoms with Crippen molar-refractivity contribution in [1.82, 2.24) is 9.97 Å². The van der Waals surface area contributed by atoms with Crippen molar-refractivity contribution < 1.29 is 5.11 Å². The maximum atomic E-state index is 9.47. The first-order valence-corrected chi connectivity index (χ1v) is 8.04. The zero-order chi connectivity index (χ0) is 13.5. The molecule has 0 amide bonds. The lowest BCUT2D eigenvalue weighted by Crippen LogP contribution is -2.33. The Labute approximate surface area is 120 Å². The van der Waals surface area contributed by atoms with Crippen molar-refractivity contribution in [2.75, 3.05) is 11.9 Å². The SMILES string of the molecule is OC[C@@H]1CC2CC1[C@H](Nc1ccnc(C3CCC3)n1)C2. The predicted molar refractivity (Wildman–Crippen MR) is 77.4 cm³/mol. The van der Waals surface area contributed by atoms with Crippen LogP contribution in [0, 0.1) is 17.8 Å². The number of hydrogen-bond donors (Lipinski definition) is 2. The minimum absolute atomic E-state index is 0.344. The lowest BCUT2D eigenvalue weighted by Gasteiger charge is -2.30.